The number of imidazole rings is 1. The highest BCUT2D eigenvalue weighted by atomic mass is 16.5. The van der Waals surface area contributed by atoms with E-state index in [2.05, 4.69) is 15.3 Å². The van der Waals surface area contributed by atoms with Crippen LogP contribution >= 0.6 is 0 Å². The number of amides is 1. The third-order valence-corrected chi connectivity index (χ3v) is 4.50. The van der Waals surface area contributed by atoms with E-state index < -0.39 is 17.6 Å². The van der Waals surface area contributed by atoms with Crippen molar-refractivity contribution in [1.82, 2.24) is 15.3 Å². The van der Waals surface area contributed by atoms with Crippen LogP contribution in [0, 0.1) is 0 Å². The number of hydrogen-bond acceptors (Lipinski definition) is 3. The third kappa shape index (κ3) is 3.28. The Hall–Kier alpha value is -3.02. The summed E-state index contributed by atoms with van der Waals surface area (Å²) in [6.07, 6.45) is -1.09. The summed E-state index contributed by atoms with van der Waals surface area (Å²) in [5.41, 5.74) is 2.13. The van der Waals surface area contributed by atoms with Crippen LogP contribution in [-0.4, -0.2) is 28.3 Å². The fraction of sp³-hybridized carbons (Fsp3) is 0.263. The van der Waals surface area contributed by atoms with E-state index in [1.807, 2.05) is 62.4 Å². The van der Waals surface area contributed by atoms with E-state index in [-0.39, 0.29) is 0 Å². The average molecular weight is 339 g/mol. The van der Waals surface area contributed by atoms with Gasteiger partial charge in [-0.05, 0) is 29.8 Å². The maximum Gasteiger partial charge on any atom is 0.405 e. The van der Waals surface area contributed by atoms with Gasteiger partial charge in [0.15, 0.2) is 0 Å². The van der Waals surface area contributed by atoms with Crippen LogP contribution in [0.5, 0.6) is 5.75 Å². The lowest BCUT2D eigenvalue weighted by molar-refractivity contribution is 0.181. The standard InChI is InChI=1S/C19H21N3O3/c1-19(2,12-8-10-13(25-3)11-9-12)16(22-18(23)24)17-20-14-6-4-5-7-15(14)21-17/h4-11,16,22H,1-3H3,(H,20,21)(H,23,24). The Kier molecular flexibility index (Phi) is 4.35. The zero-order valence-corrected chi connectivity index (χ0v) is 14.4. The van der Waals surface area contributed by atoms with Crippen molar-refractivity contribution in [2.24, 2.45) is 0 Å². The van der Waals surface area contributed by atoms with Gasteiger partial charge in [0.1, 0.15) is 11.6 Å². The van der Waals surface area contributed by atoms with Gasteiger partial charge in [0.05, 0.1) is 24.2 Å². The van der Waals surface area contributed by atoms with E-state index in [1.54, 1.807) is 7.11 Å². The summed E-state index contributed by atoms with van der Waals surface area (Å²) in [6.45, 7) is 3.98. The molecule has 1 unspecified atom stereocenters. The van der Waals surface area contributed by atoms with Gasteiger partial charge in [0.25, 0.3) is 0 Å². The van der Waals surface area contributed by atoms with Crippen LogP contribution in [0.25, 0.3) is 11.0 Å². The van der Waals surface area contributed by atoms with Crippen LogP contribution in [0.3, 0.4) is 0 Å². The molecule has 0 bridgehead atoms. The van der Waals surface area contributed by atoms with Gasteiger partial charge in [0, 0.05) is 5.41 Å². The molecule has 130 valence electrons. The molecule has 3 rings (SSSR count). The number of methoxy groups -OCH3 is 1. The molecule has 0 radical (unpaired) electrons. The monoisotopic (exact) mass is 339 g/mol. The first-order valence-corrected chi connectivity index (χ1v) is 8.00. The Morgan fingerprint density at radius 3 is 2.48 bits per heavy atom. The van der Waals surface area contributed by atoms with Gasteiger partial charge in [-0.3, -0.25) is 0 Å². The van der Waals surface area contributed by atoms with Gasteiger partial charge in [-0.1, -0.05) is 38.1 Å². The molecule has 0 aliphatic heterocycles. The quantitative estimate of drug-likeness (QED) is 0.659. The van der Waals surface area contributed by atoms with E-state index >= 15 is 0 Å². The van der Waals surface area contributed by atoms with Gasteiger partial charge < -0.3 is 20.1 Å². The van der Waals surface area contributed by atoms with Crippen molar-refractivity contribution in [1.29, 1.82) is 0 Å². The van der Waals surface area contributed by atoms with Crippen LogP contribution < -0.4 is 10.1 Å². The normalized spacial score (nSPS) is 12.8. The Bertz CT molecular complexity index is 851. The van der Waals surface area contributed by atoms with Crippen molar-refractivity contribution in [3.63, 3.8) is 0 Å². The predicted molar refractivity (Wildman–Crippen MR) is 96.0 cm³/mol. The zero-order valence-electron chi connectivity index (χ0n) is 14.4. The first-order chi connectivity index (χ1) is 11.9. The molecule has 0 fully saturated rings. The lowest BCUT2D eigenvalue weighted by Crippen LogP contribution is -2.40. The van der Waals surface area contributed by atoms with Crippen LogP contribution in [-0.2, 0) is 5.41 Å². The van der Waals surface area contributed by atoms with Crippen molar-refractivity contribution < 1.29 is 14.6 Å². The lowest BCUT2D eigenvalue weighted by atomic mass is 9.77. The minimum atomic E-state index is -1.09. The fourth-order valence-electron chi connectivity index (χ4n) is 3.01. The number of aromatic amines is 1. The van der Waals surface area contributed by atoms with Gasteiger partial charge in [-0.25, -0.2) is 9.78 Å². The number of carbonyl (C=O) groups is 1. The number of fused-ring (bicyclic) bond motifs is 1. The molecule has 25 heavy (non-hydrogen) atoms. The summed E-state index contributed by atoms with van der Waals surface area (Å²) in [5, 5.41) is 12.0. The summed E-state index contributed by atoms with van der Waals surface area (Å²) in [4.78, 5) is 19.2. The van der Waals surface area contributed by atoms with E-state index in [1.165, 1.54) is 0 Å². The first kappa shape index (κ1) is 16.8. The van der Waals surface area contributed by atoms with Crippen LogP contribution in [0.15, 0.2) is 48.5 Å². The minimum absolute atomic E-state index is 0.529. The van der Waals surface area contributed by atoms with Crippen LogP contribution in [0.1, 0.15) is 31.3 Å². The van der Waals surface area contributed by atoms with Crippen molar-refractivity contribution in [2.45, 2.75) is 25.3 Å². The molecule has 1 atom stereocenters. The van der Waals surface area contributed by atoms with Crippen LogP contribution in [0.4, 0.5) is 4.79 Å². The SMILES string of the molecule is COc1ccc(C(C)(C)C(NC(=O)O)c2nc3ccccc3[nH]2)cc1. The van der Waals surface area contributed by atoms with Crippen molar-refractivity contribution in [3.05, 3.63) is 59.9 Å². The summed E-state index contributed by atoms with van der Waals surface area (Å²) < 4.78 is 5.20. The Balaban J connectivity index is 2.05. The number of rotatable bonds is 5. The topological polar surface area (TPSA) is 87.2 Å². The Labute approximate surface area is 145 Å². The number of para-hydroxylation sites is 2. The number of hydrogen-bond donors (Lipinski definition) is 3. The first-order valence-electron chi connectivity index (χ1n) is 8.00. The molecule has 2 aromatic carbocycles. The highest BCUT2D eigenvalue weighted by Gasteiger charge is 2.36. The Morgan fingerprint density at radius 1 is 1.20 bits per heavy atom. The lowest BCUT2D eigenvalue weighted by Gasteiger charge is -2.33. The molecule has 1 amide bonds. The number of ether oxygens (including phenoxy) is 1. The molecule has 6 heteroatoms. The van der Waals surface area contributed by atoms with E-state index in [9.17, 15) is 9.90 Å². The van der Waals surface area contributed by atoms with E-state index in [0.29, 0.717) is 5.82 Å². The summed E-state index contributed by atoms with van der Waals surface area (Å²) in [6, 6.07) is 14.7. The second kappa shape index (κ2) is 6.47. The summed E-state index contributed by atoms with van der Waals surface area (Å²) >= 11 is 0. The highest BCUT2D eigenvalue weighted by Crippen LogP contribution is 2.37. The maximum atomic E-state index is 11.4. The molecule has 0 spiro atoms. The summed E-state index contributed by atoms with van der Waals surface area (Å²) in [7, 11) is 1.61. The maximum absolute atomic E-state index is 11.4. The molecule has 0 aliphatic rings. The summed E-state index contributed by atoms with van der Waals surface area (Å²) in [5.74, 6) is 1.34. The molecule has 0 saturated carbocycles. The van der Waals surface area contributed by atoms with Gasteiger partial charge in [-0.2, -0.15) is 0 Å². The molecular formula is C19H21N3O3. The number of nitrogens with one attached hydrogen (secondary N) is 2. The molecule has 1 aromatic heterocycles. The minimum Gasteiger partial charge on any atom is -0.497 e. The van der Waals surface area contributed by atoms with E-state index in [4.69, 9.17) is 4.74 Å². The number of nitrogens with zero attached hydrogens (tertiary/aromatic N) is 1. The smallest absolute Gasteiger partial charge is 0.405 e. The largest absolute Gasteiger partial charge is 0.497 e. The molecule has 0 aliphatic carbocycles. The number of carboxylic acid groups (broad SMARTS) is 1. The van der Waals surface area contributed by atoms with Crippen molar-refractivity contribution in [3.8, 4) is 5.75 Å². The van der Waals surface area contributed by atoms with E-state index in [0.717, 1.165) is 22.3 Å². The molecule has 0 saturated heterocycles. The Morgan fingerprint density at radius 2 is 1.88 bits per heavy atom. The highest BCUT2D eigenvalue weighted by molar-refractivity contribution is 5.75. The fourth-order valence-corrected chi connectivity index (χ4v) is 3.01. The second-order valence-electron chi connectivity index (χ2n) is 6.47. The van der Waals surface area contributed by atoms with Crippen molar-refractivity contribution >= 4 is 17.1 Å². The molecule has 1 heterocycles. The number of aromatic nitrogens is 2. The molecule has 3 aromatic rings. The second-order valence-corrected chi connectivity index (χ2v) is 6.47. The van der Waals surface area contributed by atoms with Gasteiger partial charge in [0.2, 0.25) is 0 Å². The van der Waals surface area contributed by atoms with Crippen LogP contribution in [0.2, 0.25) is 0 Å². The molecule has 3 N–H and O–H groups in total. The number of H-pyrrole nitrogens is 1. The predicted octanol–water partition coefficient (Wildman–Crippen LogP) is 3.86. The molecular weight excluding hydrogens is 318 g/mol. The molecule has 6 nitrogen and oxygen atoms in total. The van der Waals surface area contributed by atoms with Crippen molar-refractivity contribution in [2.75, 3.05) is 7.11 Å². The average Bonchev–Trinajstić information content (AvgIpc) is 3.03. The van der Waals surface area contributed by atoms with Gasteiger partial charge in [-0.15, -0.1) is 0 Å². The third-order valence-electron chi connectivity index (χ3n) is 4.50. The zero-order chi connectivity index (χ0) is 18.0. The number of benzene rings is 2. The van der Waals surface area contributed by atoms with Gasteiger partial charge >= 0.3 is 6.09 Å².